The van der Waals surface area contributed by atoms with Gasteiger partial charge in [0.1, 0.15) is 17.3 Å². The van der Waals surface area contributed by atoms with Crippen molar-refractivity contribution in [3.05, 3.63) is 95.4 Å². The fourth-order valence-corrected chi connectivity index (χ4v) is 4.40. The highest BCUT2D eigenvalue weighted by Gasteiger charge is 2.44. The molecule has 0 saturated carbocycles. The smallest absolute Gasteiger partial charge is 0.282 e. The normalized spacial score (nSPS) is 15.6. The molecule has 3 aromatic rings. The summed E-state index contributed by atoms with van der Waals surface area (Å²) in [6.45, 7) is 4.45. The molecule has 5 rings (SSSR count). The molecule has 0 aromatic heterocycles. The van der Waals surface area contributed by atoms with E-state index in [4.69, 9.17) is 4.74 Å². The van der Waals surface area contributed by atoms with Gasteiger partial charge in [-0.2, -0.15) is 0 Å². The van der Waals surface area contributed by atoms with E-state index in [1.165, 1.54) is 17.0 Å². The Morgan fingerprint density at radius 2 is 1.58 bits per heavy atom. The summed E-state index contributed by atoms with van der Waals surface area (Å²) >= 11 is 0. The summed E-state index contributed by atoms with van der Waals surface area (Å²) in [6, 6.07) is 20.5. The molecule has 0 fully saturated rings. The predicted octanol–water partition coefficient (Wildman–Crippen LogP) is 4.96. The van der Waals surface area contributed by atoms with E-state index in [-0.39, 0.29) is 11.7 Å². The number of fused-ring (bicyclic) bond motifs is 1. The fraction of sp³-hybridized carbons (Fsp3) is 0.185. The number of para-hydroxylation sites is 1. The maximum atomic E-state index is 13.7. The molecule has 0 aliphatic carbocycles. The number of carbonyl (C=O) groups excluding carboxylic acids is 2. The average Bonchev–Trinajstić information content (AvgIpc) is 3.33. The first-order chi connectivity index (χ1) is 15.9. The molecule has 0 saturated heterocycles. The molecule has 0 bridgehead atoms. The summed E-state index contributed by atoms with van der Waals surface area (Å²) in [7, 11) is 0. The Labute approximate surface area is 191 Å². The number of imide groups is 1. The zero-order chi connectivity index (χ0) is 23.1. The molecule has 2 heterocycles. The summed E-state index contributed by atoms with van der Waals surface area (Å²) in [5, 5.41) is 0. The number of hydrogen-bond acceptors (Lipinski definition) is 4. The van der Waals surface area contributed by atoms with Crippen molar-refractivity contribution >= 4 is 28.8 Å². The lowest BCUT2D eigenvalue weighted by molar-refractivity contribution is -0.120. The molecule has 0 atom stereocenters. The van der Waals surface area contributed by atoms with Gasteiger partial charge in [0.25, 0.3) is 11.8 Å². The van der Waals surface area contributed by atoms with Crippen molar-refractivity contribution in [2.45, 2.75) is 26.4 Å². The monoisotopic (exact) mass is 442 g/mol. The van der Waals surface area contributed by atoms with Gasteiger partial charge in [-0.3, -0.25) is 9.59 Å². The van der Waals surface area contributed by atoms with E-state index in [2.05, 4.69) is 0 Å². The van der Waals surface area contributed by atoms with Gasteiger partial charge in [-0.05, 0) is 73.9 Å². The molecule has 166 valence electrons. The van der Waals surface area contributed by atoms with Gasteiger partial charge in [-0.15, -0.1) is 0 Å². The van der Waals surface area contributed by atoms with Gasteiger partial charge in [-0.1, -0.05) is 30.3 Å². The molecular weight excluding hydrogens is 419 g/mol. The summed E-state index contributed by atoms with van der Waals surface area (Å²) in [6.07, 6.45) is 0.790. The van der Waals surface area contributed by atoms with Crippen LogP contribution in [0, 0.1) is 5.82 Å². The maximum absolute atomic E-state index is 13.7. The van der Waals surface area contributed by atoms with E-state index < -0.39 is 17.6 Å². The van der Waals surface area contributed by atoms with Gasteiger partial charge in [0.2, 0.25) is 0 Å². The first-order valence-electron chi connectivity index (χ1n) is 10.9. The van der Waals surface area contributed by atoms with Crippen molar-refractivity contribution in [2.24, 2.45) is 0 Å². The molecule has 0 unspecified atom stereocenters. The second-order valence-electron chi connectivity index (χ2n) is 8.37. The van der Waals surface area contributed by atoms with Crippen LogP contribution in [0.4, 0.5) is 15.8 Å². The standard InChI is InChI=1S/C27H23FN2O3/c1-17(2)33-22-13-11-21(12-14-22)30-26(31)24(19-7-9-20(28)10-8-19)25(27(30)32)29-16-15-18-5-3-4-6-23(18)29/h3-14,17H,15-16H2,1-2H3. The summed E-state index contributed by atoms with van der Waals surface area (Å²) in [5.41, 5.74) is 3.60. The molecule has 3 aromatic carbocycles. The van der Waals surface area contributed by atoms with Crippen molar-refractivity contribution in [3.63, 3.8) is 0 Å². The third-order valence-electron chi connectivity index (χ3n) is 5.82. The number of amides is 2. The van der Waals surface area contributed by atoms with Crippen LogP contribution in [-0.4, -0.2) is 24.5 Å². The zero-order valence-corrected chi connectivity index (χ0v) is 18.4. The molecule has 0 N–H and O–H groups in total. The van der Waals surface area contributed by atoms with E-state index in [1.54, 1.807) is 36.4 Å². The second kappa shape index (κ2) is 8.20. The highest BCUT2D eigenvalue weighted by atomic mass is 19.1. The van der Waals surface area contributed by atoms with Gasteiger partial charge in [0, 0.05) is 12.2 Å². The van der Waals surface area contributed by atoms with Crippen molar-refractivity contribution in [1.82, 2.24) is 0 Å². The number of anilines is 2. The maximum Gasteiger partial charge on any atom is 0.282 e. The van der Waals surface area contributed by atoms with Crippen molar-refractivity contribution < 1.29 is 18.7 Å². The lowest BCUT2D eigenvalue weighted by Crippen LogP contribution is -2.34. The third-order valence-corrected chi connectivity index (χ3v) is 5.82. The number of hydrogen-bond donors (Lipinski definition) is 0. The molecule has 2 amide bonds. The van der Waals surface area contributed by atoms with E-state index in [0.717, 1.165) is 17.7 Å². The van der Waals surface area contributed by atoms with Gasteiger partial charge in [-0.25, -0.2) is 9.29 Å². The SMILES string of the molecule is CC(C)Oc1ccc(N2C(=O)C(c3ccc(F)cc3)=C(N3CCc4ccccc43)C2=O)cc1. The number of nitrogens with zero attached hydrogens (tertiary/aromatic N) is 2. The number of carbonyl (C=O) groups is 2. The Balaban J connectivity index is 1.60. The van der Waals surface area contributed by atoms with Crippen LogP contribution in [-0.2, 0) is 16.0 Å². The topological polar surface area (TPSA) is 49.9 Å². The Kier molecular flexibility index (Phi) is 5.21. The minimum Gasteiger partial charge on any atom is -0.491 e. The lowest BCUT2D eigenvalue weighted by atomic mass is 10.0. The molecule has 5 nitrogen and oxygen atoms in total. The lowest BCUT2D eigenvalue weighted by Gasteiger charge is -2.22. The number of rotatable bonds is 5. The molecule has 0 radical (unpaired) electrons. The van der Waals surface area contributed by atoms with Crippen LogP contribution in [0.5, 0.6) is 5.75 Å². The van der Waals surface area contributed by atoms with Crippen LogP contribution in [0.25, 0.3) is 5.57 Å². The third kappa shape index (κ3) is 3.67. The van der Waals surface area contributed by atoms with Crippen molar-refractivity contribution in [1.29, 1.82) is 0 Å². The molecule has 6 heteroatoms. The molecule has 2 aliphatic heterocycles. The zero-order valence-electron chi connectivity index (χ0n) is 18.4. The fourth-order valence-electron chi connectivity index (χ4n) is 4.40. The van der Waals surface area contributed by atoms with E-state index in [1.807, 2.05) is 43.0 Å². The van der Waals surface area contributed by atoms with E-state index in [0.29, 0.717) is 29.2 Å². The van der Waals surface area contributed by atoms with Crippen LogP contribution in [0.2, 0.25) is 0 Å². The summed E-state index contributed by atoms with van der Waals surface area (Å²) in [4.78, 5) is 30.5. The first-order valence-corrected chi connectivity index (χ1v) is 10.9. The highest BCUT2D eigenvalue weighted by molar-refractivity contribution is 6.46. The predicted molar refractivity (Wildman–Crippen MR) is 126 cm³/mol. The molecule has 2 aliphatic rings. The van der Waals surface area contributed by atoms with Crippen LogP contribution < -0.4 is 14.5 Å². The molecule has 0 spiro atoms. The van der Waals surface area contributed by atoms with Crippen LogP contribution in [0.15, 0.2) is 78.5 Å². The largest absolute Gasteiger partial charge is 0.491 e. The Hall–Kier alpha value is -3.93. The minimum atomic E-state index is -0.427. The van der Waals surface area contributed by atoms with Gasteiger partial charge in [0.05, 0.1) is 17.4 Å². The van der Waals surface area contributed by atoms with Gasteiger partial charge < -0.3 is 9.64 Å². The number of benzene rings is 3. The minimum absolute atomic E-state index is 0.0134. The van der Waals surface area contributed by atoms with Crippen molar-refractivity contribution in [2.75, 3.05) is 16.3 Å². The summed E-state index contributed by atoms with van der Waals surface area (Å²) in [5.74, 6) is -0.563. The van der Waals surface area contributed by atoms with Crippen LogP contribution in [0.1, 0.15) is 25.0 Å². The van der Waals surface area contributed by atoms with Crippen LogP contribution >= 0.6 is 0 Å². The van der Waals surface area contributed by atoms with Crippen LogP contribution in [0.3, 0.4) is 0 Å². The number of halogens is 1. The van der Waals surface area contributed by atoms with E-state index in [9.17, 15) is 14.0 Å². The highest BCUT2D eigenvalue weighted by Crippen LogP contribution is 2.40. The van der Waals surface area contributed by atoms with Gasteiger partial charge >= 0.3 is 0 Å². The first kappa shape index (κ1) is 20.9. The Morgan fingerprint density at radius 1 is 0.879 bits per heavy atom. The summed E-state index contributed by atoms with van der Waals surface area (Å²) < 4.78 is 19.3. The number of ether oxygens (including phenoxy) is 1. The molecule has 33 heavy (non-hydrogen) atoms. The van der Waals surface area contributed by atoms with Crippen molar-refractivity contribution in [3.8, 4) is 5.75 Å². The molecular formula is C27H23FN2O3. The second-order valence-corrected chi connectivity index (χ2v) is 8.37. The quantitative estimate of drug-likeness (QED) is 0.524. The van der Waals surface area contributed by atoms with Gasteiger partial charge in [0.15, 0.2) is 0 Å². The Morgan fingerprint density at radius 3 is 2.27 bits per heavy atom. The average molecular weight is 442 g/mol. The Bertz CT molecular complexity index is 1260. The van der Waals surface area contributed by atoms with E-state index >= 15 is 0 Å².